The highest BCUT2D eigenvalue weighted by Gasteiger charge is 1.96. The average Bonchev–Trinajstić information content (AvgIpc) is 2.13. The summed E-state index contributed by atoms with van der Waals surface area (Å²) in [5.41, 5.74) is 0. The molecule has 0 amide bonds. The van der Waals surface area contributed by atoms with Gasteiger partial charge in [-0.25, -0.2) is 0 Å². The molecule has 3 heteroatoms. The largest absolute Gasteiger partial charge is 0.271 e. The normalized spacial score (nSPS) is 10.8. The lowest BCUT2D eigenvalue weighted by Crippen LogP contribution is -2.04. The number of hydrogen-bond donors (Lipinski definition) is 0. The zero-order chi connectivity index (χ0) is 7.56. The smallest absolute Gasteiger partial charge is 0.123 e. The molecule has 1 rings (SSSR count). The van der Waals surface area contributed by atoms with Crippen LogP contribution in [0.15, 0.2) is 12.3 Å². The SMILES string of the molecule is CC(C)Cn1ccc(I)n1. The third kappa shape index (κ3) is 2.28. The fourth-order valence-corrected chi connectivity index (χ4v) is 1.25. The summed E-state index contributed by atoms with van der Waals surface area (Å²) in [6.07, 6.45) is 2.02. The van der Waals surface area contributed by atoms with Crippen molar-refractivity contribution in [2.45, 2.75) is 20.4 Å². The van der Waals surface area contributed by atoms with Crippen LogP contribution >= 0.6 is 22.6 Å². The molecular weight excluding hydrogens is 239 g/mol. The number of halogens is 1. The van der Waals surface area contributed by atoms with Crippen molar-refractivity contribution < 1.29 is 0 Å². The molecule has 1 aromatic rings. The van der Waals surface area contributed by atoms with Crippen LogP contribution in [0.2, 0.25) is 0 Å². The maximum atomic E-state index is 4.25. The first-order valence-electron chi connectivity index (χ1n) is 3.37. The van der Waals surface area contributed by atoms with Crippen LogP contribution in [0.4, 0.5) is 0 Å². The number of rotatable bonds is 2. The second-order valence-electron chi connectivity index (χ2n) is 2.75. The Morgan fingerprint density at radius 3 is 2.80 bits per heavy atom. The molecule has 1 heterocycles. The Balaban J connectivity index is 2.58. The molecule has 0 saturated heterocycles. The molecule has 56 valence electrons. The van der Waals surface area contributed by atoms with Gasteiger partial charge in [0.1, 0.15) is 3.70 Å². The van der Waals surface area contributed by atoms with E-state index in [-0.39, 0.29) is 0 Å². The van der Waals surface area contributed by atoms with Gasteiger partial charge in [0.05, 0.1) is 0 Å². The molecule has 0 aromatic carbocycles. The van der Waals surface area contributed by atoms with Crippen molar-refractivity contribution in [1.82, 2.24) is 9.78 Å². The summed E-state index contributed by atoms with van der Waals surface area (Å²) in [5, 5.41) is 4.25. The first kappa shape index (κ1) is 8.04. The van der Waals surface area contributed by atoms with Crippen molar-refractivity contribution >= 4 is 22.6 Å². The van der Waals surface area contributed by atoms with E-state index < -0.39 is 0 Å². The Morgan fingerprint density at radius 1 is 1.70 bits per heavy atom. The minimum Gasteiger partial charge on any atom is -0.271 e. The van der Waals surface area contributed by atoms with E-state index in [2.05, 4.69) is 41.5 Å². The maximum Gasteiger partial charge on any atom is 0.123 e. The number of aromatic nitrogens is 2. The highest BCUT2D eigenvalue weighted by molar-refractivity contribution is 14.1. The minimum atomic E-state index is 0.677. The van der Waals surface area contributed by atoms with Gasteiger partial charge in [0, 0.05) is 12.7 Å². The molecule has 0 atom stereocenters. The Bertz CT molecular complexity index is 205. The predicted molar refractivity (Wildman–Crippen MR) is 49.8 cm³/mol. The highest BCUT2D eigenvalue weighted by atomic mass is 127. The second kappa shape index (κ2) is 3.37. The number of nitrogens with zero attached hydrogens (tertiary/aromatic N) is 2. The fraction of sp³-hybridized carbons (Fsp3) is 0.571. The Morgan fingerprint density at radius 2 is 2.40 bits per heavy atom. The van der Waals surface area contributed by atoms with E-state index in [1.165, 1.54) is 0 Å². The van der Waals surface area contributed by atoms with Gasteiger partial charge in [-0.15, -0.1) is 0 Å². The molecule has 1 aromatic heterocycles. The van der Waals surface area contributed by atoms with Crippen LogP contribution < -0.4 is 0 Å². The molecule has 0 bridgehead atoms. The lowest BCUT2D eigenvalue weighted by Gasteiger charge is -2.02. The van der Waals surface area contributed by atoms with E-state index in [4.69, 9.17) is 0 Å². The molecule has 2 nitrogen and oxygen atoms in total. The van der Waals surface area contributed by atoms with E-state index in [0.29, 0.717) is 5.92 Å². The maximum absolute atomic E-state index is 4.25. The van der Waals surface area contributed by atoms with Gasteiger partial charge >= 0.3 is 0 Å². The summed E-state index contributed by atoms with van der Waals surface area (Å²) >= 11 is 2.22. The lowest BCUT2D eigenvalue weighted by molar-refractivity contribution is 0.481. The molecule has 0 saturated carbocycles. The molecule has 0 fully saturated rings. The zero-order valence-corrected chi connectivity index (χ0v) is 8.37. The Hall–Kier alpha value is -0.0600. The van der Waals surface area contributed by atoms with E-state index >= 15 is 0 Å². The van der Waals surface area contributed by atoms with Crippen LogP contribution in [0.25, 0.3) is 0 Å². The molecule has 0 N–H and O–H groups in total. The van der Waals surface area contributed by atoms with Crippen LogP contribution in [0.5, 0.6) is 0 Å². The van der Waals surface area contributed by atoms with Crippen molar-refractivity contribution in [2.75, 3.05) is 0 Å². The van der Waals surface area contributed by atoms with Crippen molar-refractivity contribution in [3.05, 3.63) is 16.0 Å². The molecule has 0 radical (unpaired) electrons. The quantitative estimate of drug-likeness (QED) is 0.735. The summed E-state index contributed by atoms with van der Waals surface area (Å²) in [6, 6.07) is 2.02. The molecule has 0 aliphatic heterocycles. The van der Waals surface area contributed by atoms with Gasteiger partial charge in [-0.1, -0.05) is 13.8 Å². The van der Waals surface area contributed by atoms with E-state index in [9.17, 15) is 0 Å². The molecule has 0 aliphatic rings. The third-order valence-corrected chi connectivity index (χ3v) is 1.74. The summed E-state index contributed by atoms with van der Waals surface area (Å²) in [5.74, 6) is 0.677. The highest BCUT2D eigenvalue weighted by Crippen LogP contribution is 2.02. The van der Waals surface area contributed by atoms with Crippen LogP contribution in [0.3, 0.4) is 0 Å². The van der Waals surface area contributed by atoms with Crippen molar-refractivity contribution in [2.24, 2.45) is 5.92 Å². The van der Waals surface area contributed by atoms with E-state index in [0.717, 1.165) is 10.2 Å². The van der Waals surface area contributed by atoms with E-state index in [1.54, 1.807) is 0 Å². The first-order valence-corrected chi connectivity index (χ1v) is 4.45. The molecule has 0 spiro atoms. The lowest BCUT2D eigenvalue weighted by atomic mass is 10.2. The third-order valence-electron chi connectivity index (χ3n) is 1.16. The van der Waals surface area contributed by atoms with Gasteiger partial charge in [0.25, 0.3) is 0 Å². The molecule has 10 heavy (non-hydrogen) atoms. The Kier molecular flexibility index (Phi) is 2.71. The Labute approximate surface area is 74.8 Å². The van der Waals surface area contributed by atoms with Crippen LogP contribution in [0.1, 0.15) is 13.8 Å². The summed E-state index contributed by atoms with van der Waals surface area (Å²) in [7, 11) is 0. The van der Waals surface area contributed by atoms with Crippen LogP contribution in [0, 0.1) is 9.62 Å². The molecular formula is C7H11IN2. The first-order chi connectivity index (χ1) is 4.68. The molecule has 0 unspecified atom stereocenters. The average molecular weight is 250 g/mol. The molecule has 0 aliphatic carbocycles. The van der Waals surface area contributed by atoms with Gasteiger partial charge < -0.3 is 0 Å². The summed E-state index contributed by atoms with van der Waals surface area (Å²) < 4.78 is 3.05. The summed E-state index contributed by atoms with van der Waals surface area (Å²) in [4.78, 5) is 0. The van der Waals surface area contributed by atoms with Gasteiger partial charge in [0.2, 0.25) is 0 Å². The monoisotopic (exact) mass is 250 g/mol. The van der Waals surface area contributed by atoms with E-state index in [1.807, 2.05) is 16.9 Å². The van der Waals surface area contributed by atoms with Gasteiger partial charge in [-0.3, -0.25) is 4.68 Å². The second-order valence-corrected chi connectivity index (χ2v) is 3.86. The van der Waals surface area contributed by atoms with Crippen molar-refractivity contribution in [3.63, 3.8) is 0 Å². The van der Waals surface area contributed by atoms with Gasteiger partial charge in [0.15, 0.2) is 0 Å². The standard InChI is InChI=1S/C7H11IN2/c1-6(2)5-10-4-3-7(8)9-10/h3-4,6H,5H2,1-2H3. The van der Waals surface area contributed by atoms with Crippen LogP contribution in [-0.2, 0) is 6.54 Å². The predicted octanol–water partition coefficient (Wildman–Crippen LogP) is 2.14. The topological polar surface area (TPSA) is 17.8 Å². The zero-order valence-electron chi connectivity index (χ0n) is 6.21. The number of hydrogen-bond acceptors (Lipinski definition) is 1. The minimum absolute atomic E-state index is 0.677. The van der Waals surface area contributed by atoms with Gasteiger partial charge in [-0.2, -0.15) is 5.10 Å². The fourth-order valence-electron chi connectivity index (χ4n) is 0.813. The van der Waals surface area contributed by atoms with Gasteiger partial charge in [-0.05, 0) is 34.6 Å². The van der Waals surface area contributed by atoms with Crippen molar-refractivity contribution in [1.29, 1.82) is 0 Å². The van der Waals surface area contributed by atoms with Crippen molar-refractivity contribution in [3.8, 4) is 0 Å². The van der Waals surface area contributed by atoms with Crippen LogP contribution in [-0.4, -0.2) is 9.78 Å². The summed E-state index contributed by atoms with van der Waals surface area (Å²) in [6.45, 7) is 5.39.